The standard InChI is InChI=1S/C13H16Cl2N2O3/c1-4-17(5-2)13(19)11-8(7-10(18)20-3)6-9(14)16-12(11)15/h6H,4-5,7H2,1-3H3. The Morgan fingerprint density at radius 3 is 2.40 bits per heavy atom. The first-order chi connectivity index (χ1) is 9.44. The minimum atomic E-state index is -0.475. The van der Waals surface area contributed by atoms with E-state index in [-0.39, 0.29) is 28.2 Å². The number of rotatable bonds is 5. The van der Waals surface area contributed by atoms with E-state index in [1.54, 1.807) is 4.90 Å². The second-order valence-electron chi connectivity index (χ2n) is 4.00. The van der Waals surface area contributed by atoms with Crippen LogP contribution >= 0.6 is 23.2 Å². The maximum Gasteiger partial charge on any atom is 0.310 e. The Morgan fingerprint density at radius 1 is 1.30 bits per heavy atom. The van der Waals surface area contributed by atoms with Gasteiger partial charge < -0.3 is 9.64 Å². The van der Waals surface area contributed by atoms with Gasteiger partial charge in [0.1, 0.15) is 10.3 Å². The second-order valence-corrected chi connectivity index (χ2v) is 4.75. The molecule has 1 aromatic heterocycles. The van der Waals surface area contributed by atoms with Gasteiger partial charge in [0.05, 0.1) is 19.1 Å². The molecule has 7 heteroatoms. The van der Waals surface area contributed by atoms with Gasteiger partial charge in [0, 0.05) is 13.1 Å². The Kier molecular flexibility index (Phi) is 6.23. The fraction of sp³-hybridized carbons (Fsp3) is 0.462. The zero-order valence-corrected chi connectivity index (χ0v) is 13.1. The summed E-state index contributed by atoms with van der Waals surface area (Å²) in [6, 6.07) is 1.46. The molecule has 1 rings (SSSR count). The van der Waals surface area contributed by atoms with E-state index in [0.717, 1.165) is 0 Å². The summed E-state index contributed by atoms with van der Waals surface area (Å²) < 4.78 is 4.61. The molecule has 1 amide bonds. The molecule has 0 bridgehead atoms. The largest absolute Gasteiger partial charge is 0.469 e. The number of hydrogen-bond donors (Lipinski definition) is 0. The average molecular weight is 319 g/mol. The van der Waals surface area contributed by atoms with Gasteiger partial charge in [0.2, 0.25) is 0 Å². The smallest absolute Gasteiger partial charge is 0.310 e. The van der Waals surface area contributed by atoms with Crippen molar-refractivity contribution in [3.63, 3.8) is 0 Å². The number of carbonyl (C=O) groups excluding carboxylic acids is 2. The number of methoxy groups -OCH3 is 1. The topological polar surface area (TPSA) is 59.5 Å². The van der Waals surface area contributed by atoms with Gasteiger partial charge in [0.15, 0.2) is 0 Å². The van der Waals surface area contributed by atoms with Crippen molar-refractivity contribution in [2.45, 2.75) is 20.3 Å². The molecule has 0 aliphatic rings. The number of nitrogens with zero attached hydrogens (tertiary/aromatic N) is 2. The molecule has 0 fully saturated rings. The molecule has 1 aromatic rings. The molecule has 0 saturated heterocycles. The summed E-state index contributed by atoms with van der Waals surface area (Å²) in [5.41, 5.74) is 0.615. The Hall–Kier alpha value is -1.33. The van der Waals surface area contributed by atoms with Crippen molar-refractivity contribution >= 4 is 35.1 Å². The molecule has 0 aromatic carbocycles. The number of aromatic nitrogens is 1. The minimum absolute atomic E-state index is 0.00620. The molecule has 0 spiro atoms. The molecule has 110 valence electrons. The molecule has 0 N–H and O–H groups in total. The third kappa shape index (κ3) is 3.84. The number of carbonyl (C=O) groups is 2. The van der Waals surface area contributed by atoms with Crippen LogP contribution in [0.2, 0.25) is 10.3 Å². The van der Waals surface area contributed by atoms with Gasteiger partial charge in [-0.15, -0.1) is 0 Å². The van der Waals surface area contributed by atoms with Crippen LogP contribution in [0.1, 0.15) is 29.8 Å². The van der Waals surface area contributed by atoms with Crippen LogP contribution in [0.15, 0.2) is 6.07 Å². The zero-order chi connectivity index (χ0) is 15.3. The van der Waals surface area contributed by atoms with Crippen molar-refractivity contribution in [2.75, 3.05) is 20.2 Å². The van der Waals surface area contributed by atoms with Gasteiger partial charge in [-0.1, -0.05) is 23.2 Å². The van der Waals surface area contributed by atoms with Crippen LogP contribution in [-0.2, 0) is 16.0 Å². The van der Waals surface area contributed by atoms with Gasteiger partial charge >= 0.3 is 5.97 Å². The zero-order valence-electron chi connectivity index (χ0n) is 11.6. The van der Waals surface area contributed by atoms with Gasteiger partial charge in [-0.2, -0.15) is 0 Å². The maximum absolute atomic E-state index is 12.4. The predicted molar refractivity (Wildman–Crippen MR) is 77.2 cm³/mol. The lowest BCUT2D eigenvalue weighted by Crippen LogP contribution is -2.32. The van der Waals surface area contributed by atoms with E-state index in [2.05, 4.69) is 9.72 Å². The van der Waals surface area contributed by atoms with E-state index in [1.165, 1.54) is 13.2 Å². The van der Waals surface area contributed by atoms with Gasteiger partial charge in [-0.05, 0) is 25.5 Å². The highest BCUT2D eigenvalue weighted by Crippen LogP contribution is 2.24. The van der Waals surface area contributed by atoms with Gasteiger partial charge in [0.25, 0.3) is 5.91 Å². The lowest BCUT2D eigenvalue weighted by atomic mass is 10.1. The van der Waals surface area contributed by atoms with Crippen LogP contribution in [0.25, 0.3) is 0 Å². The Labute approximate surface area is 127 Å². The van der Waals surface area contributed by atoms with Gasteiger partial charge in [-0.25, -0.2) is 4.98 Å². The van der Waals surface area contributed by atoms with Crippen molar-refractivity contribution in [3.8, 4) is 0 Å². The molecular formula is C13H16Cl2N2O3. The molecular weight excluding hydrogens is 303 g/mol. The van der Waals surface area contributed by atoms with Crippen LogP contribution < -0.4 is 0 Å². The molecule has 1 heterocycles. The minimum Gasteiger partial charge on any atom is -0.469 e. The quantitative estimate of drug-likeness (QED) is 0.618. The van der Waals surface area contributed by atoms with Crippen molar-refractivity contribution < 1.29 is 14.3 Å². The summed E-state index contributed by atoms with van der Waals surface area (Å²) in [6.07, 6.45) is -0.0825. The maximum atomic E-state index is 12.4. The molecule has 0 radical (unpaired) electrons. The Balaban J connectivity index is 3.28. The summed E-state index contributed by atoms with van der Waals surface area (Å²) >= 11 is 11.8. The monoisotopic (exact) mass is 318 g/mol. The number of halogens is 2. The number of pyridine rings is 1. The molecule has 0 saturated carbocycles. The van der Waals surface area contributed by atoms with E-state index >= 15 is 0 Å². The fourth-order valence-corrected chi connectivity index (χ4v) is 2.34. The van der Waals surface area contributed by atoms with Crippen LogP contribution in [0.3, 0.4) is 0 Å². The molecule has 0 unspecified atom stereocenters. The third-order valence-corrected chi connectivity index (χ3v) is 3.32. The number of hydrogen-bond acceptors (Lipinski definition) is 4. The Morgan fingerprint density at radius 2 is 1.90 bits per heavy atom. The molecule has 5 nitrogen and oxygen atoms in total. The van der Waals surface area contributed by atoms with E-state index in [1.807, 2.05) is 13.8 Å². The Bertz CT molecular complexity index is 517. The van der Waals surface area contributed by atoms with Crippen molar-refractivity contribution in [3.05, 3.63) is 27.5 Å². The highest BCUT2D eigenvalue weighted by Gasteiger charge is 2.23. The summed E-state index contributed by atoms with van der Waals surface area (Å²) in [5, 5.41) is 0.123. The normalized spacial score (nSPS) is 10.2. The highest BCUT2D eigenvalue weighted by molar-refractivity contribution is 6.35. The van der Waals surface area contributed by atoms with Gasteiger partial charge in [-0.3, -0.25) is 9.59 Å². The second kappa shape index (κ2) is 7.45. The van der Waals surface area contributed by atoms with Crippen molar-refractivity contribution in [1.82, 2.24) is 9.88 Å². The summed E-state index contributed by atoms with van der Waals surface area (Å²) in [5.74, 6) is -0.750. The van der Waals surface area contributed by atoms with Crippen LogP contribution in [0, 0.1) is 0 Å². The first kappa shape index (κ1) is 16.7. The average Bonchev–Trinajstić information content (AvgIpc) is 2.39. The van der Waals surface area contributed by atoms with E-state index in [0.29, 0.717) is 18.7 Å². The van der Waals surface area contributed by atoms with Crippen molar-refractivity contribution in [1.29, 1.82) is 0 Å². The lowest BCUT2D eigenvalue weighted by Gasteiger charge is -2.20. The fourth-order valence-electron chi connectivity index (χ4n) is 1.79. The molecule has 0 atom stereocenters. The summed E-state index contributed by atoms with van der Waals surface area (Å²) in [7, 11) is 1.28. The lowest BCUT2D eigenvalue weighted by molar-refractivity contribution is -0.139. The predicted octanol–water partition coefficient (Wildman–Crippen LogP) is 2.59. The summed E-state index contributed by atoms with van der Waals surface area (Å²) in [6.45, 7) is 4.79. The van der Waals surface area contributed by atoms with Crippen LogP contribution in [-0.4, -0.2) is 42.0 Å². The van der Waals surface area contributed by atoms with Crippen LogP contribution in [0.4, 0.5) is 0 Å². The van der Waals surface area contributed by atoms with E-state index in [4.69, 9.17) is 23.2 Å². The first-order valence-corrected chi connectivity index (χ1v) is 6.91. The first-order valence-electron chi connectivity index (χ1n) is 6.15. The molecule has 0 aliphatic heterocycles. The third-order valence-electron chi connectivity index (χ3n) is 2.85. The number of ether oxygens (including phenoxy) is 1. The number of amides is 1. The summed E-state index contributed by atoms with van der Waals surface area (Å²) in [4.78, 5) is 29.3. The van der Waals surface area contributed by atoms with Crippen LogP contribution in [0.5, 0.6) is 0 Å². The molecule has 0 aliphatic carbocycles. The highest BCUT2D eigenvalue weighted by atomic mass is 35.5. The number of esters is 1. The SMILES string of the molecule is CCN(CC)C(=O)c1c(CC(=O)OC)cc(Cl)nc1Cl. The molecule has 20 heavy (non-hydrogen) atoms. The van der Waals surface area contributed by atoms with E-state index in [9.17, 15) is 9.59 Å². The van der Waals surface area contributed by atoms with Crippen molar-refractivity contribution in [2.24, 2.45) is 0 Å². The van der Waals surface area contributed by atoms with E-state index < -0.39 is 5.97 Å².